The van der Waals surface area contributed by atoms with Gasteiger partial charge >= 0.3 is 0 Å². The molecule has 0 amide bonds. The van der Waals surface area contributed by atoms with E-state index >= 15 is 0 Å². The minimum atomic E-state index is 0.503. The van der Waals surface area contributed by atoms with Crippen LogP contribution in [0.3, 0.4) is 0 Å². The van der Waals surface area contributed by atoms with E-state index in [4.69, 9.17) is 0 Å². The van der Waals surface area contributed by atoms with E-state index in [1.807, 2.05) is 0 Å². The molecule has 3 rings (SSSR count). The van der Waals surface area contributed by atoms with E-state index in [-0.39, 0.29) is 0 Å². The molecule has 92 valence electrons. The molecule has 1 heteroatoms. The normalized spacial score (nSPS) is 31.4. The smallest absolute Gasteiger partial charge is 0.00323 e. The van der Waals surface area contributed by atoms with Crippen molar-refractivity contribution in [3.05, 3.63) is 34.9 Å². The van der Waals surface area contributed by atoms with Gasteiger partial charge in [-0.3, -0.25) is 0 Å². The first-order valence-corrected chi connectivity index (χ1v) is 6.94. The minimum Gasteiger partial charge on any atom is -0.316 e. The van der Waals surface area contributed by atoms with Gasteiger partial charge in [0.1, 0.15) is 0 Å². The number of hydrogen-bond acceptors (Lipinski definition) is 1. The van der Waals surface area contributed by atoms with Gasteiger partial charge in [0, 0.05) is 19.0 Å². The van der Waals surface area contributed by atoms with Crippen LogP contribution in [0.4, 0.5) is 0 Å². The number of rotatable bonds is 1. The first-order chi connectivity index (χ1) is 8.12. The Morgan fingerprint density at radius 1 is 1.35 bits per heavy atom. The maximum Gasteiger partial charge on any atom is 0.00323 e. The summed E-state index contributed by atoms with van der Waals surface area (Å²) in [6.07, 6.45) is 2.62. The summed E-state index contributed by atoms with van der Waals surface area (Å²) < 4.78 is 0. The van der Waals surface area contributed by atoms with Crippen molar-refractivity contribution in [2.75, 3.05) is 13.1 Å². The Morgan fingerprint density at radius 2 is 2.18 bits per heavy atom. The predicted molar refractivity (Wildman–Crippen MR) is 72.6 cm³/mol. The molecule has 0 bridgehead atoms. The number of nitrogens with one attached hydrogen (secondary N) is 1. The molecule has 0 saturated carbocycles. The van der Waals surface area contributed by atoms with E-state index in [1.165, 1.54) is 25.9 Å². The van der Waals surface area contributed by atoms with Crippen LogP contribution < -0.4 is 5.32 Å². The fraction of sp³-hybridized carbons (Fsp3) is 0.625. The van der Waals surface area contributed by atoms with E-state index in [9.17, 15) is 0 Å². The number of fused-ring (bicyclic) bond motifs is 3. The Balaban J connectivity index is 2.10. The molecule has 2 atom stereocenters. The summed E-state index contributed by atoms with van der Waals surface area (Å²) in [5, 5.41) is 3.59. The Hall–Kier alpha value is -0.820. The van der Waals surface area contributed by atoms with E-state index in [2.05, 4.69) is 44.3 Å². The second-order valence-electron chi connectivity index (χ2n) is 6.41. The van der Waals surface area contributed by atoms with Crippen LogP contribution in [0.1, 0.15) is 55.7 Å². The Morgan fingerprint density at radius 3 is 2.94 bits per heavy atom. The molecular formula is C16H23N. The van der Waals surface area contributed by atoms with Crippen LogP contribution in [0.5, 0.6) is 0 Å². The molecule has 0 radical (unpaired) electrons. The second-order valence-corrected chi connectivity index (χ2v) is 6.41. The molecular weight excluding hydrogens is 206 g/mol. The van der Waals surface area contributed by atoms with Crippen molar-refractivity contribution in [3.8, 4) is 0 Å². The van der Waals surface area contributed by atoms with Crippen molar-refractivity contribution in [3.63, 3.8) is 0 Å². The molecule has 1 aromatic rings. The average Bonchev–Trinajstić information content (AvgIpc) is 2.70. The van der Waals surface area contributed by atoms with Gasteiger partial charge < -0.3 is 5.32 Å². The highest BCUT2D eigenvalue weighted by atomic mass is 14.9. The van der Waals surface area contributed by atoms with Gasteiger partial charge in [-0.1, -0.05) is 39.0 Å². The molecule has 0 unspecified atom stereocenters. The lowest BCUT2D eigenvalue weighted by Crippen LogP contribution is -2.30. The number of hydrogen-bond donors (Lipinski definition) is 1. The second kappa shape index (κ2) is 3.84. The fourth-order valence-electron chi connectivity index (χ4n) is 3.81. The zero-order valence-corrected chi connectivity index (χ0v) is 11.2. The van der Waals surface area contributed by atoms with Crippen LogP contribution in [-0.4, -0.2) is 13.1 Å². The van der Waals surface area contributed by atoms with Gasteiger partial charge in [-0.05, 0) is 40.9 Å². The molecule has 1 aliphatic heterocycles. The van der Waals surface area contributed by atoms with Gasteiger partial charge in [-0.2, -0.15) is 0 Å². The highest BCUT2D eigenvalue weighted by Gasteiger charge is 2.43. The van der Waals surface area contributed by atoms with Crippen LogP contribution in [-0.2, 0) is 6.42 Å². The fourth-order valence-corrected chi connectivity index (χ4v) is 3.81. The molecule has 2 aliphatic rings. The zero-order chi connectivity index (χ0) is 12.0. The first kappa shape index (κ1) is 11.3. The summed E-state index contributed by atoms with van der Waals surface area (Å²) in [5.74, 6) is 1.40. The summed E-state index contributed by atoms with van der Waals surface area (Å²) in [7, 11) is 0. The highest BCUT2D eigenvalue weighted by Crippen LogP contribution is 2.48. The average molecular weight is 229 g/mol. The van der Waals surface area contributed by atoms with E-state index in [0.717, 1.165) is 5.92 Å². The van der Waals surface area contributed by atoms with Gasteiger partial charge in [0.25, 0.3) is 0 Å². The minimum absolute atomic E-state index is 0.503. The lowest BCUT2D eigenvalue weighted by Gasteiger charge is -2.38. The summed E-state index contributed by atoms with van der Waals surface area (Å²) in [4.78, 5) is 0. The standard InChI is InChI=1S/C16H23N/c1-11(2)12-5-4-6-14-13(12)7-8-16(3)10-17-9-15(14)16/h4-6,11,15,17H,7-10H2,1-3H3/t15-,16+/m0/s1. The predicted octanol–water partition coefficient (Wildman–Crippen LogP) is 3.45. The molecule has 1 nitrogen and oxygen atoms in total. The maximum absolute atomic E-state index is 3.59. The van der Waals surface area contributed by atoms with Gasteiger partial charge in [0.2, 0.25) is 0 Å². The van der Waals surface area contributed by atoms with Crippen molar-refractivity contribution in [2.45, 2.75) is 45.4 Å². The van der Waals surface area contributed by atoms with Gasteiger partial charge in [-0.25, -0.2) is 0 Å². The summed E-state index contributed by atoms with van der Waals surface area (Å²) in [5.41, 5.74) is 5.38. The van der Waals surface area contributed by atoms with Crippen molar-refractivity contribution >= 4 is 0 Å². The van der Waals surface area contributed by atoms with Crippen LogP contribution in [0.25, 0.3) is 0 Å². The molecule has 0 aromatic heterocycles. The van der Waals surface area contributed by atoms with Crippen molar-refractivity contribution in [1.29, 1.82) is 0 Å². The largest absolute Gasteiger partial charge is 0.316 e. The molecule has 1 aliphatic carbocycles. The molecule has 1 saturated heterocycles. The Labute approximate surface area is 105 Å². The number of benzene rings is 1. The van der Waals surface area contributed by atoms with Gasteiger partial charge in [-0.15, -0.1) is 0 Å². The summed E-state index contributed by atoms with van der Waals surface area (Å²) >= 11 is 0. The third-order valence-corrected chi connectivity index (χ3v) is 4.91. The van der Waals surface area contributed by atoms with Crippen LogP contribution in [0.2, 0.25) is 0 Å². The van der Waals surface area contributed by atoms with E-state index in [1.54, 1.807) is 16.7 Å². The third-order valence-electron chi connectivity index (χ3n) is 4.91. The van der Waals surface area contributed by atoms with Crippen molar-refractivity contribution < 1.29 is 0 Å². The van der Waals surface area contributed by atoms with E-state index < -0.39 is 0 Å². The topological polar surface area (TPSA) is 12.0 Å². The SMILES string of the molecule is CC(C)c1cccc2c1CC[C@]1(C)CNC[C@@H]21. The van der Waals surface area contributed by atoms with Crippen molar-refractivity contribution in [2.24, 2.45) is 5.41 Å². The highest BCUT2D eigenvalue weighted by molar-refractivity contribution is 5.43. The van der Waals surface area contributed by atoms with Gasteiger partial charge in [0.05, 0.1) is 0 Å². The van der Waals surface area contributed by atoms with Crippen molar-refractivity contribution in [1.82, 2.24) is 5.32 Å². The molecule has 1 N–H and O–H groups in total. The van der Waals surface area contributed by atoms with Gasteiger partial charge in [0.15, 0.2) is 0 Å². The molecule has 1 fully saturated rings. The van der Waals surface area contributed by atoms with Crippen LogP contribution in [0.15, 0.2) is 18.2 Å². The van der Waals surface area contributed by atoms with E-state index in [0.29, 0.717) is 11.3 Å². The molecule has 17 heavy (non-hydrogen) atoms. The molecule has 1 aromatic carbocycles. The lowest BCUT2D eigenvalue weighted by molar-refractivity contribution is 0.276. The third kappa shape index (κ3) is 1.63. The lowest BCUT2D eigenvalue weighted by atomic mass is 9.66. The molecule has 0 spiro atoms. The molecule has 1 heterocycles. The Kier molecular flexibility index (Phi) is 2.55. The first-order valence-electron chi connectivity index (χ1n) is 6.94. The Bertz CT molecular complexity index is 435. The van der Waals surface area contributed by atoms with Crippen LogP contribution in [0, 0.1) is 5.41 Å². The zero-order valence-electron chi connectivity index (χ0n) is 11.2. The summed E-state index contributed by atoms with van der Waals surface area (Å²) in [6, 6.07) is 6.96. The van der Waals surface area contributed by atoms with Crippen LogP contribution >= 0.6 is 0 Å². The maximum atomic E-state index is 3.59. The summed E-state index contributed by atoms with van der Waals surface area (Å²) in [6.45, 7) is 9.46. The quantitative estimate of drug-likeness (QED) is 0.777. The monoisotopic (exact) mass is 229 g/mol.